The molecule has 3 aromatic rings. The molecule has 0 radical (unpaired) electrons. The molecule has 30 heavy (non-hydrogen) atoms. The Morgan fingerprint density at radius 1 is 0.867 bits per heavy atom. The summed E-state index contributed by atoms with van der Waals surface area (Å²) in [5, 5.41) is 16.4. The predicted molar refractivity (Wildman–Crippen MR) is 115 cm³/mol. The number of benzene rings is 3. The zero-order valence-corrected chi connectivity index (χ0v) is 15.8. The number of carbonyl (C=O) groups is 1. The van der Waals surface area contributed by atoms with Crippen LogP contribution >= 0.6 is 0 Å². The van der Waals surface area contributed by atoms with Gasteiger partial charge in [-0.2, -0.15) is 10.1 Å². The monoisotopic (exact) mass is 396 g/mol. The second-order valence-electron chi connectivity index (χ2n) is 6.45. The highest BCUT2D eigenvalue weighted by Crippen LogP contribution is 2.22. The summed E-state index contributed by atoms with van der Waals surface area (Å²) < 4.78 is 0. The summed E-state index contributed by atoms with van der Waals surface area (Å²) in [7, 11) is 0. The van der Waals surface area contributed by atoms with Crippen LogP contribution in [-0.4, -0.2) is 27.9 Å². The minimum atomic E-state index is -0.467. The molecule has 0 aliphatic carbocycles. The maximum absolute atomic E-state index is 13.0. The van der Waals surface area contributed by atoms with Crippen LogP contribution in [0.1, 0.15) is 16.7 Å². The third kappa shape index (κ3) is 4.05. The third-order valence-electron chi connectivity index (χ3n) is 4.40. The summed E-state index contributed by atoms with van der Waals surface area (Å²) in [6, 6.07) is 24.7. The Balaban J connectivity index is 1.68. The summed E-state index contributed by atoms with van der Waals surface area (Å²) in [4.78, 5) is 27.9. The molecular formula is C23H16N4O3. The van der Waals surface area contributed by atoms with Crippen LogP contribution in [0.4, 0.5) is 5.69 Å². The van der Waals surface area contributed by atoms with Crippen LogP contribution < -0.4 is 0 Å². The molecule has 1 aliphatic heterocycles. The van der Waals surface area contributed by atoms with Gasteiger partial charge in [0.1, 0.15) is 5.70 Å². The molecule has 146 valence electrons. The topological polar surface area (TPSA) is 88.2 Å². The van der Waals surface area contributed by atoms with Gasteiger partial charge < -0.3 is 0 Å². The van der Waals surface area contributed by atoms with Crippen LogP contribution in [0.2, 0.25) is 0 Å². The molecule has 1 heterocycles. The zero-order chi connectivity index (χ0) is 20.9. The highest BCUT2D eigenvalue weighted by atomic mass is 16.6. The van der Waals surface area contributed by atoms with Crippen molar-refractivity contribution in [3.8, 4) is 0 Å². The van der Waals surface area contributed by atoms with E-state index in [0.29, 0.717) is 11.4 Å². The van der Waals surface area contributed by atoms with Gasteiger partial charge in [-0.25, -0.2) is 4.99 Å². The van der Waals surface area contributed by atoms with Crippen LogP contribution in [0.5, 0.6) is 0 Å². The smallest absolute Gasteiger partial charge is 0.265 e. The molecule has 4 rings (SSSR count). The highest BCUT2D eigenvalue weighted by Gasteiger charge is 2.31. The molecule has 0 saturated carbocycles. The van der Waals surface area contributed by atoms with E-state index in [2.05, 4.69) is 10.1 Å². The number of nitro groups is 1. The minimum Gasteiger partial charge on any atom is -0.265 e. The van der Waals surface area contributed by atoms with Crippen molar-refractivity contribution in [3.63, 3.8) is 0 Å². The van der Waals surface area contributed by atoms with Gasteiger partial charge in [0.25, 0.3) is 11.6 Å². The number of nitrogens with zero attached hydrogens (tertiary/aromatic N) is 4. The van der Waals surface area contributed by atoms with E-state index in [4.69, 9.17) is 0 Å². The number of hydrazone groups is 1. The molecule has 7 nitrogen and oxygen atoms in total. The first kappa shape index (κ1) is 18.9. The van der Waals surface area contributed by atoms with Gasteiger partial charge in [0.05, 0.1) is 11.1 Å². The number of aliphatic imine (C=N–C) groups is 1. The lowest BCUT2D eigenvalue weighted by Crippen LogP contribution is -2.27. The molecule has 7 heteroatoms. The number of rotatable bonds is 5. The molecular weight excluding hydrogens is 380 g/mol. The van der Waals surface area contributed by atoms with Crippen molar-refractivity contribution in [2.24, 2.45) is 10.1 Å². The molecule has 0 spiro atoms. The molecule has 3 aromatic carbocycles. The highest BCUT2D eigenvalue weighted by molar-refractivity contribution is 6.19. The molecule has 0 saturated heterocycles. The van der Waals surface area contributed by atoms with Gasteiger partial charge in [-0.3, -0.25) is 14.9 Å². The van der Waals surface area contributed by atoms with Crippen LogP contribution in [0.3, 0.4) is 0 Å². The van der Waals surface area contributed by atoms with Crippen molar-refractivity contribution in [1.29, 1.82) is 0 Å². The molecule has 0 bridgehead atoms. The Morgan fingerprint density at radius 2 is 1.50 bits per heavy atom. The quantitative estimate of drug-likeness (QED) is 0.279. The fourth-order valence-electron chi connectivity index (χ4n) is 2.90. The normalized spacial score (nSPS) is 15.1. The number of amides is 1. The first-order valence-electron chi connectivity index (χ1n) is 9.15. The second-order valence-corrected chi connectivity index (χ2v) is 6.45. The molecule has 1 aliphatic rings. The number of hydrogen-bond acceptors (Lipinski definition) is 5. The standard InChI is InChI=1S/C23H16N4O3/c28-23-21(15-17-7-3-1-4-8-17)25-22(19-9-5-2-6-10-19)26(23)24-16-18-11-13-20(14-12-18)27(29)30/h1-16H/b21-15+,24-16+. The Hall–Kier alpha value is -4.39. The Kier molecular flexibility index (Phi) is 5.25. The summed E-state index contributed by atoms with van der Waals surface area (Å²) >= 11 is 0. The van der Waals surface area contributed by atoms with Gasteiger partial charge in [-0.15, -0.1) is 0 Å². The molecule has 0 N–H and O–H groups in total. The Bertz CT molecular complexity index is 1170. The fourth-order valence-corrected chi connectivity index (χ4v) is 2.90. The van der Waals surface area contributed by atoms with E-state index in [-0.39, 0.29) is 17.3 Å². The number of nitro benzene ring substituents is 1. The van der Waals surface area contributed by atoms with E-state index in [9.17, 15) is 14.9 Å². The van der Waals surface area contributed by atoms with E-state index in [1.807, 2.05) is 60.7 Å². The third-order valence-corrected chi connectivity index (χ3v) is 4.40. The summed E-state index contributed by atoms with van der Waals surface area (Å²) in [5.74, 6) is 0.0665. The molecule has 0 unspecified atom stereocenters. The van der Waals surface area contributed by atoms with E-state index in [1.165, 1.54) is 23.4 Å². The number of carbonyl (C=O) groups excluding carboxylic acids is 1. The van der Waals surface area contributed by atoms with Crippen LogP contribution in [0, 0.1) is 10.1 Å². The molecule has 0 atom stereocenters. The van der Waals surface area contributed by atoms with Crippen LogP contribution in [0.25, 0.3) is 6.08 Å². The molecule has 0 fully saturated rings. The van der Waals surface area contributed by atoms with Crippen molar-refractivity contribution in [1.82, 2.24) is 5.01 Å². The zero-order valence-electron chi connectivity index (χ0n) is 15.8. The van der Waals surface area contributed by atoms with Crippen molar-refractivity contribution in [2.75, 3.05) is 0 Å². The number of hydrogen-bond donors (Lipinski definition) is 0. The lowest BCUT2D eigenvalue weighted by atomic mass is 10.2. The van der Waals surface area contributed by atoms with Crippen molar-refractivity contribution in [2.45, 2.75) is 0 Å². The van der Waals surface area contributed by atoms with Crippen LogP contribution in [-0.2, 0) is 4.79 Å². The van der Waals surface area contributed by atoms with Crippen molar-refractivity contribution < 1.29 is 9.72 Å². The predicted octanol–water partition coefficient (Wildman–Crippen LogP) is 4.26. The SMILES string of the molecule is O=C1/C(=C\c2ccccc2)N=C(c2ccccc2)N1/N=C/c1ccc([N+](=O)[O-])cc1. The van der Waals surface area contributed by atoms with Gasteiger partial charge in [0.2, 0.25) is 0 Å². The van der Waals surface area contributed by atoms with E-state index in [0.717, 1.165) is 11.1 Å². The first-order chi connectivity index (χ1) is 14.6. The van der Waals surface area contributed by atoms with Gasteiger partial charge in [-0.1, -0.05) is 60.7 Å². The summed E-state index contributed by atoms with van der Waals surface area (Å²) in [6.07, 6.45) is 3.19. The lowest BCUT2D eigenvalue weighted by Gasteiger charge is -2.11. The van der Waals surface area contributed by atoms with Crippen molar-refractivity contribution >= 4 is 29.7 Å². The van der Waals surface area contributed by atoms with E-state index >= 15 is 0 Å². The van der Waals surface area contributed by atoms with Gasteiger partial charge in [0.15, 0.2) is 5.84 Å². The second kappa shape index (κ2) is 8.32. The average Bonchev–Trinajstić information content (AvgIpc) is 3.09. The average molecular weight is 396 g/mol. The Labute approximate surface area is 172 Å². The van der Waals surface area contributed by atoms with Gasteiger partial charge >= 0.3 is 0 Å². The maximum atomic E-state index is 13.0. The fraction of sp³-hybridized carbons (Fsp3) is 0. The molecule has 1 amide bonds. The summed E-state index contributed by atoms with van der Waals surface area (Å²) in [6.45, 7) is 0. The lowest BCUT2D eigenvalue weighted by molar-refractivity contribution is -0.384. The minimum absolute atomic E-state index is 0.0102. The number of non-ortho nitro benzene ring substituents is 1. The van der Waals surface area contributed by atoms with E-state index < -0.39 is 4.92 Å². The van der Waals surface area contributed by atoms with Crippen LogP contribution in [0.15, 0.2) is 101 Å². The first-order valence-corrected chi connectivity index (χ1v) is 9.15. The summed E-state index contributed by atoms with van der Waals surface area (Å²) in [5.41, 5.74) is 2.51. The van der Waals surface area contributed by atoms with Gasteiger partial charge in [-0.05, 0) is 29.3 Å². The largest absolute Gasteiger partial charge is 0.298 e. The van der Waals surface area contributed by atoms with Gasteiger partial charge in [0, 0.05) is 17.7 Å². The molecule has 0 aromatic heterocycles. The van der Waals surface area contributed by atoms with E-state index in [1.54, 1.807) is 18.2 Å². The Morgan fingerprint density at radius 3 is 2.13 bits per heavy atom. The maximum Gasteiger partial charge on any atom is 0.298 e. The van der Waals surface area contributed by atoms with Crippen molar-refractivity contribution in [3.05, 3.63) is 117 Å². The number of amidine groups is 1.